The van der Waals surface area contributed by atoms with E-state index in [-0.39, 0.29) is 6.04 Å². The zero-order chi connectivity index (χ0) is 13.3. The van der Waals surface area contributed by atoms with E-state index in [1.165, 1.54) is 0 Å². The zero-order valence-electron chi connectivity index (χ0n) is 11.3. The SMILES string of the molecule is CCC1CCCN1S(=O)(=O)c1ccc(C)c(C)c1. The third-order valence-corrected chi connectivity index (χ3v) is 5.83. The Morgan fingerprint density at radius 2 is 2.00 bits per heavy atom. The highest BCUT2D eigenvalue weighted by Crippen LogP contribution is 2.28. The van der Waals surface area contributed by atoms with Crippen LogP contribution >= 0.6 is 0 Å². The van der Waals surface area contributed by atoms with E-state index in [0.29, 0.717) is 11.4 Å². The summed E-state index contributed by atoms with van der Waals surface area (Å²) < 4.78 is 26.9. The van der Waals surface area contributed by atoms with Crippen LogP contribution in [0.3, 0.4) is 0 Å². The molecule has 1 atom stereocenters. The zero-order valence-corrected chi connectivity index (χ0v) is 12.1. The Hall–Kier alpha value is -0.870. The lowest BCUT2D eigenvalue weighted by atomic mass is 10.1. The lowest BCUT2D eigenvalue weighted by molar-refractivity contribution is 0.379. The van der Waals surface area contributed by atoms with Crippen molar-refractivity contribution in [3.05, 3.63) is 29.3 Å². The Morgan fingerprint density at radius 3 is 2.61 bits per heavy atom. The molecular formula is C14H21NO2S. The molecule has 0 N–H and O–H groups in total. The van der Waals surface area contributed by atoms with Gasteiger partial charge in [0.15, 0.2) is 0 Å². The maximum absolute atomic E-state index is 12.6. The van der Waals surface area contributed by atoms with Crippen molar-refractivity contribution in [2.75, 3.05) is 6.54 Å². The molecule has 1 aliphatic heterocycles. The van der Waals surface area contributed by atoms with Crippen molar-refractivity contribution in [3.8, 4) is 0 Å². The van der Waals surface area contributed by atoms with Crippen LogP contribution in [0.5, 0.6) is 0 Å². The smallest absolute Gasteiger partial charge is 0.207 e. The van der Waals surface area contributed by atoms with Gasteiger partial charge >= 0.3 is 0 Å². The van der Waals surface area contributed by atoms with Gasteiger partial charge in [-0.2, -0.15) is 4.31 Å². The van der Waals surface area contributed by atoms with E-state index in [4.69, 9.17) is 0 Å². The second-order valence-electron chi connectivity index (χ2n) is 5.07. The minimum Gasteiger partial charge on any atom is -0.207 e. The molecule has 1 aromatic carbocycles. The van der Waals surface area contributed by atoms with E-state index in [2.05, 4.69) is 6.92 Å². The molecule has 0 amide bonds. The van der Waals surface area contributed by atoms with Gasteiger partial charge in [-0.3, -0.25) is 0 Å². The monoisotopic (exact) mass is 267 g/mol. The molecule has 0 saturated carbocycles. The van der Waals surface area contributed by atoms with Gasteiger partial charge in [0.05, 0.1) is 4.90 Å². The van der Waals surface area contributed by atoms with E-state index in [9.17, 15) is 8.42 Å². The largest absolute Gasteiger partial charge is 0.243 e. The fraction of sp³-hybridized carbons (Fsp3) is 0.571. The first kappa shape index (κ1) is 13.6. The molecule has 1 aromatic rings. The van der Waals surface area contributed by atoms with Crippen LogP contribution in [0, 0.1) is 13.8 Å². The number of rotatable bonds is 3. The molecule has 1 unspecified atom stereocenters. The van der Waals surface area contributed by atoms with Crippen molar-refractivity contribution < 1.29 is 8.42 Å². The number of nitrogens with zero attached hydrogens (tertiary/aromatic N) is 1. The molecule has 2 rings (SSSR count). The van der Waals surface area contributed by atoms with E-state index in [1.54, 1.807) is 16.4 Å². The van der Waals surface area contributed by atoms with E-state index < -0.39 is 10.0 Å². The first-order valence-electron chi connectivity index (χ1n) is 6.56. The molecule has 100 valence electrons. The van der Waals surface area contributed by atoms with Gasteiger partial charge in [0.25, 0.3) is 0 Å². The Labute approximate surface area is 110 Å². The summed E-state index contributed by atoms with van der Waals surface area (Å²) >= 11 is 0. The lowest BCUT2D eigenvalue weighted by Crippen LogP contribution is -2.35. The maximum Gasteiger partial charge on any atom is 0.243 e. The second-order valence-corrected chi connectivity index (χ2v) is 6.96. The van der Waals surface area contributed by atoms with Crippen LogP contribution in [0.2, 0.25) is 0 Å². The van der Waals surface area contributed by atoms with Gasteiger partial charge in [-0.05, 0) is 56.4 Å². The number of hydrogen-bond donors (Lipinski definition) is 0. The summed E-state index contributed by atoms with van der Waals surface area (Å²) in [5, 5.41) is 0. The molecule has 18 heavy (non-hydrogen) atoms. The normalized spacial score (nSPS) is 21.4. The van der Waals surface area contributed by atoms with Crippen LogP contribution in [0.1, 0.15) is 37.3 Å². The Balaban J connectivity index is 2.38. The first-order valence-corrected chi connectivity index (χ1v) is 8.00. The van der Waals surface area contributed by atoms with Crippen LogP contribution in [0.4, 0.5) is 0 Å². The molecule has 1 fully saturated rings. The summed E-state index contributed by atoms with van der Waals surface area (Å²) in [5.74, 6) is 0. The van der Waals surface area contributed by atoms with E-state index >= 15 is 0 Å². The predicted molar refractivity (Wildman–Crippen MR) is 73.1 cm³/mol. The van der Waals surface area contributed by atoms with Gasteiger partial charge in [0.1, 0.15) is 0 Å². The van der Waals surface area contributed by atoms with Crippen LogP contribution in [-0.2, 0) is 10.0 Å². The highest BCUT2D eigenvalue weighted by molar-refractivity contribution is 7.89. The Kier molecular flexibility index (Phi) is 3.78. The molecule has 0 aromatic heterocycles. The maximum atomic E-state index is 12.6. The quantitative estimate of drug-likeness (QED) is 0.844. The molecule has 1 aliphatic rings. The van der Waals surface area contributed by atoms with Crippen LogP contribution in [-0.4, -0.2) is 25.3 Å². The van der Waals surface area contributed by atoms with Crippen LogP contribution in [0.15, 0.2) is 23.1 Å². The summed E-state index contributed by atoms with van der Waals surface area (Å²) in [4.78, 5) is 0.436. The minimum absolute atomic E-state index is 0.177. The molecule has 4 heteroatoms. The number of benzene rings is 1. The van der Waals surface area contributed by atoms with Gasteiger partial charge < -0.3 is 0 Å². The highest BCUT2D eigenvalue weighted by atomic mass is 32.2. The van der Waals surface area contributed by atoms with Gasteiger partial charge in [0.2, 0.25) is 10.0 Å². The first-order chi connectivity index (χ1) is 8.46. The van der Waals surface area contributed by atoms with Gasteiger partial charge in [0, 0.05) is 12.6 Å². The highest BCUT2D eigenvalue weighted by Gasteiger charge is 2.34. The van der Waals surface area contributed by atoms with E-state index in [0.717, 1.165) is 30.4 Å². The predicted octanol–water partition coefficient (Wildman–Crippen LogP) is 2.87. The van der Waals surface area contributed by atoms with Crippen molar-refractivity contribution in [2.24, 2.45) is 0 Å². The standard InChI is InChI=1S/C14H21NO2S/c1-4-13-6-5-9-15(13)18(16,17)14-8-7-11(2)12(3)10-14/h7-8,10,13H,4-6,9H2,1-3H3. The molecule has 3 nitrogen and oxygen atoms in total. The summed E-state index contributed by atoms with van der Waals surface area (Å²) in [5.41, 5.74) is 2.16. The molecule has 0 radical (unpaired) electrons. The third kappa shape index (κ3) is 2.31. The average molecular weight is 267 g/mol. The third-order valence-electron chi connectivity index (χ3n) is 3.88. The van der Waals surface area contributed by atoms with Crippen LogP contribution < -0.4 is 0 Å². The summed E-state index contributed by atoms with van der Waals surface area (Å²) in [7, 11) is -3.31. The average Bonchev–Trinajstić information content (AvgIpc) is 2.81. The lowest BCUT2D eigenvalue weighted by Gasteiger charge is -2.23. The molecule has 0 bridgehead atoms. The number of aryl methyl sites for hydroxylation is 2. The van der Waals surface area contributed by atoms with Crippen molar-refractivity contribution in [1.29, 1.82) is 0 Å². The topological polar surface area (TPSA) is 37.4 Å². The van der Waals surface area contributed by atoms with Gasteiger partial charge in [-0.15, -0.1) is 0 Å². The van der Waals surface area contributed by atoms with Crippen molar-refractivity contribution in [2.45, 2.75) is 51.0 Å². The Bertz CT molecular complexity index is 537. The fourth-order valence-electron chi connectivity index (χ4n) is 2.54. The molecule has 0 aliphatic carbocycles. The molecule has 1 saturated heterocycles. The molecular weight excluding hydrogens is 246 g/mol. The molecule has 0 spiro atoms. The number of sulfonamides is 1. The Morgan fingerprint density at radius 1 is 1.28 bits per heavy atom. The van der Waals surface area contributed by atoms with E-state index in [1.807, 2.05) is 19.9 Å². The fourth-order valence-corrected chi connectivity index (χ4v) is 4.40. The number of hydrogen-bond acceptors (Lipinski definition) is 2. The van der Waals surface area contributed by atoms with Crippen molar-refractivity contribution in [1.82, 2.24) is 4.31 Å². The van der Waals surface area contributed by atoms with Gasteiger partial charge in [-0.25, -0.2) is 8.42 Å². The van der Waals surface area contributed by atoms with Crippen molar-refractivity contribution in [3.63, 3.8) is 0 Å². The van der Waals surface area contributed by atoms with Crippen molar-refractivity contribution >= 4 is 10.0 Å². The summed E-state index contributed by atoms with van der Waals surface area (Å²) in [6.45, 7) is 6.67. The van der Waals surface area contributed by atoms with Gasteiger partial charge in [-0.1, -0.05) is 13.0 Å². The van der Waals surface area contributed by atoms with Crippen LogP contribution in [0.25, 0.3) is 0 Å². The summed E-state index contributed by atoms with van der Waals surface area (Å²) in [6.07, 6.45) is 2.85. The second kappa shape index (κ2) is 5.02. The molecule has 1 heterocycles. The summed E-state index contributed by atoms with van der Waals surface area (Å²) in [6, 6.07) is 5.58. The minimum atomic E-state index is -3.31.